The number of para-hydroxylation sites is 1. The summed E-state index contributed by atoms with van der Waals surface area (Å²) in [6, 6.07) is 18.0. The average molecular weight is 331 g/mol. The number of fused-ring (bicyclic) bond motifs is 2. The van der Waals surface area contributed by atoms with Crippen molar-refractivity contribution in [1.29, 1.82) is 0 Å². The summed E-state index contributed by atoms with van der Waals surface area (Å²) >= 11 is 0. The van der Waals surface area contributed by atoms with Crippen molar-refractivity contribution in [3.8, 4) is 0 Å². The van der Waals surface area contributed by atoms with Gasteiger partial charge in [0, 0.05) is 16.6 Å². The fourth-order valence-electron chi connectivity index (χ4n) is 2.91. The lowest BCUT2D eigenvalue weighted by Crippen LogP contribution is -1.98. The molecule has 0 amide bonds. The van der Waals surface area contributed by atoms with Crippen LogP contribution >= 0.6 is 0 Å². The number of nitrogens with one attached hydrogen (secondary N) is 1. The molecule has 0 fully saturated rings. The molecular weight excluding hydrogens is 314 g/mol. The number of furan rings is 1. The van der Waals surface area contributed by atoms with Gasteiger partial charge in [-0.15, -0.1) is 0 Å². The van der Waals surface area contributed by atoms with Crippen molar-refractivity contribution >= 4 is 39.1 Å². The first-order chi connectivity index (χ1) is 12.3. The highest BCUT2D eigenvalue weighted by molar-refractivity contribution is 6.07. The Bertz CT molecular complexity index is 1080. The molecule has 0 radical (unpaired) electrons. The Morgan fingerprint density at radius 2 is 1.96 bits per heavy atom. The Balaban J connectivity index is 1.84. The van der Waals surface area contributed by atoms with Gasteiger partial charge in [-0.2, -0.15) is 0 Å². The minimum atomic E-state index is 0.620. The first kappa shape index (κ1) is 15.2. The van der Waals surface area contributed by atoms with Crippen LogP contribution in [0.4, 0.5) is 11.4 Å². The molecule has 1 N–H and O–H groups in total. The summed E-state index contributed by atoms with van der Waals surface area (Å²) in [5.74, 6) is 0. The van der Waals surface area contributed by atoms with Gasteiger partial charge in [-0.25, -0.2) is 4.98 Å². The Hall–Kier alpha value is -3.34. The maximum Gasteiger partial charge on any atom is 0.228 e. The summed E-state index contributed by atoms with van der Waals surface area (Å²) in [5.41, 5.74) is 5.26. The zero-order valence-corrected chi connectivity index (χ0v) is 14.0. The maximum atomic E-state index is 5.51. The number of hydrogen-bond donors (Lipinski definition) is 1. The van der Waals surface area contributed by atoms with Crippen molar-refractivity contribution in [2.75, 3.05) is 12.4 Å². The van der Waals surface area contributed by atoms with Gasteiger partial charge in [0.1, 0.15) is 7.11 Å². The van der Waals surface area contributed by atoms with Crippen LogP contribution in [0.2, 0.25) is 0 Å². The molecule has 0 aliphatic heterocycles. The number of pyridine rings is 1. The third kappa shape index (κ3) is 2.80. The molecule has 0 bridgehead atoms. The molecule has 0 aliphatic rings. The molecule has 0 aliphatic carbocycles. The Morgan fingerprint density at radius 3 is 2.84 bits per heavy atom. The average Bonchev–Trinajstić information content (AvgIpc) is 3.10. The second-order valence-corrected chi connectivity index (χ2v) is 5.71. The molecule has 2 aromatic carbocycles. The number of rotatable bonds is 4. The Labute approximate surface area is 144 Å². The highest BCUT2D eigenvalue weighted by atomic mass is 16.6. The molecule has 0 atom stereocenters. The van der Waals surface area contributed by atoms with E-state index in [2.05, 4.69) is 21.5 Å². The van der Waals surface area contributed by atoms with Crippen LogP contribution in [0.25, 0.3) is 22.0 Å². The van der Waals surface area contributed by atoms with Crippen LogP contribution in [0.1, 0.15) is 12.5 Å². The summed E-state index contributed by atoms with van der Waals surface area (Å²) in [5, 5.41) is 9.51. The van der Waals surface area contributed by atoms with E-state index < -0.39 is 0 Å². The molecule has 2 heterocycles. The molecule has 5 nitrogen and oxygen atoms in total. The normalized spacial score (nSPS) is 11.8. The quantitative estimate of drug-likeness (QED) is 0.418. The summed E-state index contributed by atoms with van der Waals surface area (Å²) in [4.78, 5) is 9.44. The number of oxime groups is 1. The topological polar surface area (TPSA) is 59.6 Å². The maximum absolute atomic E-state index is 5.51. The lowest BCUT2D eigenvalue weighted by atomic mass is 10.1. The van der Waals surface area contributed by atoms with Gasteiger partial charge in [0.15, 0.2) is 0 Å². The molecule has 25 heavy (non-hydrogen) atoms. The van der Waals surface area contributed by atoms with E-state index in [0.29, 0.717) is 5.71 Å². The van der Waals surface area contributed by atoms with Crippen LogP contribution < -0.4 is 5.32 Å². The summed E-state index contributed by atoms with van der Waals surface area (Å²) in [6.07, 6.45) is 1.66. The van der Waals surface area contributed by atoms with E-state index in [4.69, 9.17) is 9.25 Å². The second kappa shape index (κ2) is 6.28. The predicted octanol–water partition coefficient (Wildman–Crippen LogP) is 5.10. The predicted molar refractivity (Wildman–Crippen MR) is 100 cm³/mol. The van der Waals surface area contributed by atoms with Gasteiger partial charge >= 0.3 is 0 Å². The highest BCUT2D eigenvalue weighted by Gasteiger charge is 2.11. The van der Waals surface area contributed by atoms with Crippen LogP contribution in [-0.4, -0.2) is 17.8 Å². The number of benzene rings is 2. The van der Waals surface area contributed by atoms with Crippen LogP contribution in [-0.2, 0) is 4.84 Å². The zero-order valence-electron chi connectivity index (χ0n) is 14.0. The van der Waals surface area contributed by atoms with Crippen molar-refractivity contribution in [3.63, 3.8) is 0 Å². The van der Waals surface area contributed by atoms with Crippen LogP contribution in [0.5, 0.6) is 0 Å². The van der Waals surface area contributed by atoms with E-state index in [1.54, 1.807) is 13.4 Å². The van der Waals surface area contributed by atoms with Crippen molar-refractivity contribution in [2.45, 2.75) is 6.92 Å². The second-order valence-electron chi connectivity index (χ2n) is 5.71. The van der Waals surface area contributed by atoms with Crippen LogP contribution in [0, 0.1) is 0 Å². The molecule has 2 aromatic heterocycles. The fourth-order valence-corrected chi connectivity index (χ4v) is 2.91. The van der Waals surface area contributed by atoms with Gasteiger partial charge in [0.05, 0.1) is 28.6 Å². The minimum absolute atomic E-state index is 0.620. The summed E-state index contributed by atoms with van der Waals surface area (Å²) in [7, 11) is 1.55. The van der Waals surface area contributed by atoms with E-state index >= 15 is 0 Å². The van der Waals surface area contributed by atoms with Gasteiger partial charge in [-0.05, 0) is 31.2 Å². The molecule has 4 rings (SSSR count). The first-order valence-electron chi connectivity index (χ1n) is 7.97. The summed E-state index contributed by atoms with van der Waals surface area (Å²) < 4.78 is 5.51. The van der Waals surface area contributed by atoms with Crippen molar-refractivity contribution in [1.82, 2.24) is 4.98 Å². The zero-order chi connectivity index (χ0) is 17.2. The van der Waals surface area contributed by atoms with E-state index in [1.165, 1.54) is 0 Å². The molecule has 0 spiro atoms. The number of anilines is 2. The molecule has 0 saturated carbocycles. The molecular formula is C20H17N3O2. The Morgan fingerprint density at radius 1 is 1.08 bits per heavy atom. The van der Waals surface area contributed by atoms with E-state index in [0.717, 1.165) is 38.9 Å². The van der Waals surface area contributed by atoms with Crippen molar-refractivity contribution < 1.29 is 9.25 Å². The monoisotopic (exact) mass is 331 g/mol. The third-order valence-corrected chi connectivity index (χ3v) is 4.09. The van der Waals surface area contributed by atoms with Crippen LogP contribution in [0.15, 0.2) is 70.4 Å². The van der Waals surface area contributed by atoms with Crippen molar-refractivity contribution in [3.05, 3.63) is 66.4 Å². The number of aromatic nitrogens is 1. The molecule has 0 unspecified atom stereocenters. The standard InChI is InChI=1S/C20H17N3O2/c1-13(23-24-2)14-6-5-7-15(12-14)21-19-16-8-3-4-9-18(16)22-20-17(19)10-11-25-20/h3-12H,1-2H3,(H,21,22)/b23-13-. The summed E-state index contributed by atoms with van der Waals surface area (Å²) in [6.45, 7) is 1.92. The fraction of sp³-hybridized carbons (Fsp3) is 0.100. The lowest BCUT2D eigenvalue weighted by molar-refractivity contribution is 0.213. The highest BCUT2D eigenvalue weighted by Crippen LogP contribution is 2.33. The molecule has 4 aromatic rings. The van der Waals surface area contributed by atoms with Gasteiger partial charge in [0.25, 0.3) is 0 Å². The van der Waals surface area contributed by atoms with E-state index in [9.17, 15) is 0 Å². The Kier molecular flexibility index (Phi) is 3.82. The molecule has 0 saturated heterocycles. The SMILES string of the molecule is CO/N=C(/C)c1cccc(Nc2c3ccccc3nc3occc23)c1. The van der Waals surface area contributed by atoms with Gasteiger partial charge < -0.3 is 14.6 Å². The molecule has 5 heteroatoms. The van der Waals surface area contributed by atoms with E-state index in [1.807, 2.05) is 55.5 Å². The lowest BCUT2D eigenvalue weighted by Gasteiger charge is -2.12. The number of hydrogen-bond acceptors (Lipinski definition) is 5. The van der Waals surface area contributed by atoms with Crippen LogP contribution in [0.3, 0.4) is 0 Å². The van der Waals surface area contributed by atoms with Gasteiger partial charge in [-0.3, -0.25) is 0 Å². The largest absolute Gasteiger partial charge is 0.446 e. The molecule has 124 valence electrons. The van der Waals surface area contributed by atoms with Crippen molar-refractivity contribution in [2.24, 2.45) is 5.16 Å². The number of nitrogens with zero attached hydrogens (tertiary/aromatic N) is 2. The van der Waals surface area contributed by atoms with E-state index in [-0.39, 0.29) is 0 Å². The smallest absolute Gasteiger partial charge is 0.228 e. The minimum Gasteiger partial charge on any atom is -0.446 e. The van der Waals surface area contributed by atoms with Gasteiger partial charge in [0.2, 0.25) is 5.71 Å². The third-order valence-electron chi connectivity index (χ3n) is 4.09. The van der Waals surface area contributed by atoms with Gasteiger partial charge in [-0.1, -0.05) is 35.5 Å². The first-order valence-corrected chi connectivity index (χ1v) is 7.97.